The summed E-state index contributed by atoms with van der Waals surface area (Å²) in [7, 11) is 0. The summed E-state index contributed by atoms with van der Waals surface area (Å²) >= 11 is 1.25. The van der Waals surface area contributed by atoms with Crippen LogP contribution in [0.2, 0.25) is 0 Å². The zero-order valence-electron chi connectivity index (χ0n) is 7.32. The number of thioether (sulfide) groups is 1. The van der Waals surface area contributed by atoms with Crippen LogP contribution in [0.15, 0.2) is 24.3 Å². The van der Waals surface area contributed by atoms with Crippen molar-refractivity contribution in [2.45, 2.75) is 12.7 Å². The molecule has 0 fully saturated rings. The molecule has 0 radical (unpaired) electrons. The lowest BCUT2D eigenvalue weighted by Gasteiger charge is -1.98. The number of carbonyl (C=O) groups excluding carboxylic acids is 2. The van der Waals surface area contributed by atoms with Gasteiger partial charge in [0.2, 0.25) is 0 Å². The Hall–Kier alpha value is -1.09. The standard InChI is InChI=1S/C10H10O2S/c1-8(12)13-7-10-4-2-3-9(5-10)6-11/h2-6H,7H2,1H3. The van der Waals surface area contributed by atoms with Gasteiger partial charge in [-0.1, -0.05) is 30.0 Å². The Morgan fingerprint density at radius 1 is 1.54 bits per heavy atom. The highest BCUT2D eigenvalue weighted by Crippen LogP contribution is 2.13. The van der Waals surface area contributed by atoms with E-state index >= 15 is 0 Å². The normalized spacial score (nSPS) is 9.62. The van der Waals surface area contributed by atoms with Crippen molar-refractivity contribution in [1.29, 1.82) is 0 Å². The molecule has 0 bridgehead atoms. The summed E-state index contributed by atoms with van der Waals surface area (Å²) in [5, 5.41) is 0.0940. The zero-order chi connectivity index (χ0) is 9.68. The molecule has 0 amide bonds. The first-order valence-corrected chi connectivity index (χ1v) is 4.88. The van der Waals surface area contributed by atoms with E-state index in [1.54, 1.807) is 12.1 Å². The second-order valence-electron chi connectivity index (χ2n) is 2.64. The lowest BCUT2D eigenvalue weighted by atomic mass is 10.2. The van der Waals surface area contributed by atoms with E-state index in [-0.39, 0.29) is 5.12 Å². The van der Waals surface area contributed by atoms with Gasteiger partial charge in [-0.3, -0.25) is 9.59 Å². The Balaban J connectivity index is 2.66. The molecule has 13 heavy (non-hydrogen) atoms. The van der Waals surface area contributed by atoms with Crippen LogP contribution in [-0.4, -0.2) is 11.4 Å². The fraction of sp³-hybridized carbons (Fsp3) is 0.200. The van der Waals surface area contributed by atoms with E-state index in [1.807, 2.05) is 12.1 Å². The van der Waals surface area contributed by atoms with E-state index < -0.39 is 0 Å². The maximum Gasteiger partial charge on any atom is 0.186 e. The highest BCUT2D eigenvalue weighted by molar-refractivity contribution is 8.12. The minimum absolute atomic E-state index is 0.0940. The third-order valence-electron chi connectivity index (χ3n) is 1.53. The van der Waals surface area contributed by atoms with Crippen molar-refractivity contribution in [3.8, 4) is 0 Å². The van der Waals surface area contributed by atoms with Gasteiger partial charge >= 0.3 is 0 Å². The van der Waals surface area contributed by atoms with Crippen LogP contribution in [-0.2, 0) is 10.5 Å². The highest BCUT2D eigenvalue weighted by Gasteiger charge is 1.97. The van der Waals surface area contributed by atoms with E-state index in [1.165, 1.54) is 18.7 Å². The van der Waals surface area contributed by atoms with E-state index in [0.29, 0.717) is 11.3 Å². The topological polar surface area (TPSA) is 34.1 Å². The SMILES string of the molecule is CC(=O)SCc1cccc(C=O)c1. The number of hydrogen-bond donors (Lipinski definition) is 0. The lowest BCUT2D eigenvalue weighted by molar-refractivity contribution is -0.109. The van der Waals surface area contributed by atoms with Crippen LogP contribution in [0.5, 0.6) is 0 Å². The average Bonchev–Trinajstić information content (AvgIpc) is 2.15. The predicted molar refractivity (Wildman–Crippen MR) is 53.8 cm³/mol. The molecule has 0 aliphatic carbocycles. The van der Waals surface area contributed by atoms with Crippen LogP contribution in [0.3, 0.4) is 0 Å². The zero-order valence-corrected chi connectivity index (χ0v) is 8.14. The Morgan fingerprint density at radius 3 is 2.92 bits per heavy atom. The molecule has 0 heterocycles. The molecule has 0 unspecified atom stereocenters. The minimum Gasteiger partial charge on any atom is -0.298 e. The Morgan fingerprint density at radius 2 is 2.31 bits per heavy atom. The number of rotatable bonds is 3. The molecule has 0 aromatic heterocycles. The van der Waals surface area contributed by atoms with Gasteiger partial charge in [-0.2, -0.15) is 0 Å². The molecule has 0 aliphatic rings. The largest absolute Gasteiger partial charge is 0.298 e. The Labute approximate surface area is 81.3 Å². The van der Waals surface area contributed by atoms with Crippen LogP contribution >= 0.6 is 11.8 Å². The quantitative estimate of drug-likeness (QED) is 0.692. The van der Waals surface area contributed by atoms with Gasteiger partial charge in [0, 0.05) is 18.2 Å². The number of carbonyl (C=O) groups is 2. The van der Waals surface area contributed by atoms with Crippen molar-refractivity contribution in [1.82, 2.24) is 0 Å². The third-order valence-corrected chi connectivity index (χ3v) is 2.41. The van der Waals surface area contributed by atoms with Gasteiger partial charge in [0.15, 0.2) is 5.12 Å². The predicted octanol–water partition coefficient (Wildman–Crippen LogP) is 2.28. The molecule has 68 valence electrons. The Kier molecular flexibility index (Phi) is 3.71. The third kappa shape index (κ3) is 3.42. The number of aldehydes is 1. The van der Waals surface area contributed by atoms with Crippen LogP contribution < -0.4 is 0 Å². The maximum atomic E-state index is 10.7. The van der Waals surface area contributed by atoms with E-state index in [9.17, 15) is 9.59 Å². The molecule has 2 nitrogen and oxygen atoms in total. The van der Waals surface area contributed by atoms with Gasteiger partial charge in [-0.25, -0.2) is 0 Å². The molecule has 0 aliphatic heterocycles. The van der Waals surface area contributed by atoms with Gasteiger partial charge in [-0.15, -0.1) is 0 Å². The van der Waals surface area contributed by atoms with Crippen molar-refractivity contribution < 1.29 is 9.59 Å². The summed E-state index contributed by atoms with van der Waals surface area (Å²) in [4.78, 5) is 21.1. The molecule has 1 aromatic rings. The molecule has 1 aromatic carbocycles. The number of hydrogen-bond acceptors (Lipinski definition) is 3. The van der Waals surface area contributed by atoms with Crippen molar-refractivity contribution >= 4 is 23.2 Å². The molecule has 0 atom stereocenters. The fourth-order valence-electron chi connectivity index (χ4n) is 0.941. The molecular weight excluding hydrogens is 184 g/mol. The fourth-order valence-corrected chi connectivity index (χ4v) is 1.49. The lowest BCUT2D eigenvalue weighted by Crippen LogP contribution is -1.87. The summed E-state index contributed by atoms with van der Waals surface area (Å²) < 4.78 is 0. The monoisotopic (exact) mass is 194 g/mol. The van der Waals surface area contributed by atoms with Crippen LogP contribution in [0.4, 0.5) is 0 Å². The Bertz CT molecular complexity index is 320. The van der Waals surface area contributed by atoms with E-state index in [0.717, 1.165) is 11.8 Å². The van der Waals surface area contributed by atoms with Crippen LogP contribution in [0, 0.1) is 0 Å². The van der Waals surface area contributed by atoms with Gasteiger partial charge < -0.3 is 0 Å². The average molecular weight is 194 g/mol. The molecule has 0 N–H and O–H groups in total. The smallest absolute Gasteiger partial charge is 0.186 e. The van der Waals surface area contributed by atoms with E-state index in [4.69, 9.17) is 0 Å². The van der Waals surface area contributed by atoms with E-state index in [2.05, 4.69) is 0 Å². The molecular formula is C10H10O2S. The minimum atomic E-state index is 0.0940. The second-order valence-corrected chi connectivity index (χ2v) is 3.80. The summed E-state index contributed by atoms with van der Waals surface area (Å²) in [6.45, 7) is 1.54. The van der Waals surface area contributed by atoms with Gasteiger partial charge in [0.1, 0.15) is 6.29 Å². The van der Waals surface area contributed by atoms with Crippen molar-refractivity contribution in [3.05, 3.63) is 35.4 Å². The van der Waals surface area contributed by atoms with Gasteiger partial charge in [-0.05, 0) is 11.6 Å². The molecule has 0 spiro atoms. The summed E-state index contributed by atoms with van der Waals surface area (Å²) in [6, 6.07) is 7.26. The van der Waals surface area contributed by atoms with Gasteiger partial charge in [0.25, 0.3) is 0 Å². The first kappa shape index (κ1) is 9.99. The molecule has 0 saturated carbocycles. The van der Waals surface area contributed by atoms with Crippen LogP contribution in [0.1, 0.15) is 22.8 Å². The first-order chi connectivity index (χ1) is 6.22. The summed E-state index contributed by atoms with van der Waals surface area (Å²) in [5.74, 6) is 0.636. The molecule has 1 rings (SSSR count). The molecule has 3 heteroatoms. The van der Waals surface area contributed by atoms with Crippen molar-refractivity contribution in [2.24, 2.45) is 0 Å². The first-order valence-electron chi connectivity index (χ1n) is 3.90. The summed E-state index contributed by atoms with van der Waals surface area (Å²) in [5.41, 5.74) is 1.66. The summed E-state index contributed by atoms with van der Waals surface area (Å²) in [6.07, 6.45) is 0.807. The van der Waals surface area contributed by atoms with Crippen molar-refractivity contribution in [2.75, 3.05) is 0 Å². The number of benzene rings is 1. The molecule has 0 saturated heterocycles. The highest BCUT2D eigenvalue weighted by atomic mass is 32.2. The van der Waals surface area contributed by atoms with Crippen LogP contribution in [0.25, 0.3) is 0 Å². The van der Waals surface area contributed by atoms with Crippen molar-refractivity contribution in [3.63, 3.8) is 0 Å². The second kappa shape index (κ2) is 4.82. The maximum absolute atomic E-state index is 10.7. The van der Waals surface area contributed by atoms with Gasteiger partial charge in [0.05, 0.1) is 0 Å².